The second kappa shape index (κ2) is 12.5. The molecular weight excluding hydrogens is 562 g/mol. The molecule has 0 unspecified atom stereocenters. The second-order valence-corrected chi connectivity index (χ2v) is 20.0. The van der Waals surface area contributed by atoms with E-state index in [2.05, 4.69) is 138 Å². The van der Waals surface area contributed by atoms with Crippen LogP contribution in [0.3, 0.4) is 0 Å². The van der Waals surface area contributed by atoms with Crippen molar-refractivity contribution in [2.75, 3.05) is 19.4 Å². The standard InChI is InChI=1S/C31H36IO2P/c1-27(22-23-31-33-24-25-34-31)15-7-2-3-14-26-35(32,28-16-8-4-9-17-28,29-18-10-5-11-19-29)30-20-12-6-13-21-30/h2,4-13,15-21,31H,3,14,22-26H2,1H3/b7-2+,27-15+. The number of benzene rings is 3. The van der Waals surface area contributed by atoms with E-state index in [0.29, 0.717) is 0 Å². The SMILES string of the molecule is C/C(=C\C=C\CCCP(I)(c1ccccc1)(c1ccccc1)c1ccccc1)CCC1OCCO1. The fourth-order valence-electron chi connectivity index (χ4n) is 4.89. The molecule has 4 heteroatoms. The second-order valence-electron chi connectivity index (χ2n) is 9.21. The van der Waals surface area contributed by atoms with Crippen LogP contribution in [-0.2, 0) is 9.47 Å². The van der Waals surface area contributed by atoms with E-state index in [4.69, 9.17) is 9.47 Å². The molecule has 184 valence electrons. The summed E-state index contributed by atoms with van der Waals surface area (Å²) in [6.45, 7) is 3.64. The molecule has 1 aliphatic rings. The quantitative estimate of drug-likeness (QED) is 0.0999. The van der Waals surface area contributed by atoms with E-state index < -0.39 is 4.25 Å². The number of unbranched alkanes of at least 4 members (excludes halogenated alkanes) is 1. The molecule has 0 aromatic heterocycles. The van der Waals surface area contributed by atoms with Crippen molar-refractivity contribution in [3.8, 4) is 0 Å². The average Bonchev–Trinajstić information content (AvgIpc) is 3.45. The van der Waals surface area contributed by atoms with Crippen LogP contribution < -0.4 is 15.9 Å². The molecule has 2 nitrogen and oxygen atoms in total. The summed E-state index contributed by atoms with van der Waals surface area (Å²) in [7, 11) is 0. The molecule has 0 spiro atoms. The molecule has 0 amide bonds. The maximum absolute atomic E-state index is 5.55. The van der Waals surface area contributed by atoms with Gasteiger partial charge >= 0.3 is 225 Å². The van der Waals surface area contributed by atoms with Crippen LogP contribution in [0.5, 0.6) is 0 Å². The molecule has 0 saturated carbocycles. The molecule has 4 rings (SSSR count). The van der Waals surface area contributed by atoms with Crippen LogP contribution in [0, 0.1) is 0 Å². The summed E-state index contributed by atoms with van der Waals surface area (Å²) in [5, 5.41) is 4.35. The number of halogens is 1. The predicted molar refractivity (Wildman–Crippen MR) is 161 cm³/mol. The van der Waals surface area contributed by atoms with Gasteiger partial charge in [-0.05, 0) is 0 Å². The van der Waals surface area contributed by atoms with Gasteiger partial charge in [0.15, 0.2) is 0 Å². The molecular formula is C31H36IO2P. The molecule has 1 heterocycles. The normalized spacial score (nSPS) is 16.4. The van der Waals surface area contributed by atoms with Gasteiger partial charge in [0.05, 0.1) is 0 Å². The van der Waals surface area contributed by atoms with Gasteiger partial charge in [-0.1, -0.05) is 0 Å². The Bertz CT molecular complexity index is 1010. The summed E-state index contributed by atoms with van der Waals surface area (Å²) in [5.74, 6) is 0. The molecule has 35 heavy (non-hydrogen) atoms. The molecule has 1 fully saturated rings. The van der Waals surface area contributed by atoms with Gasteiger partial charge in [0.2, 0.25) is 0 Å². The van der Waals surface area contributed by atoms with Crippen molar-refractivity contribution in [3.05, 3.63) is 115 Å². The molecule has 0 aliphatic carbocycles. The van der Waals surface area contributed by atoms with Crippen molar-refractivity contribution < 1.29 is 9.47 Å². The van der Waals surface area contributed by atoms with Crippen LogP contribution in [-0.4, -0.2) is 25.7 Å². The van der Waals surface area contributed by atoms with Gasteiger partial charge in [0.25, 0.3) is 0 Å². The Morgan fingerprint density at radius 2 is 1.31 bits per heavy atom. The summed E-state index contributed by atoms with van der Waals surface area (Å²) >= 11 is 2.88. The number of allylic oxidation sites excluding steroid dienone is 4. The van der Waals surface area contributed by atoms with E-state index in [-0.39, 0.29) is 6.29 Å². The zero-order valence-electron chi connectivity index (χ0n) is 20.6. The van der Waals surface area contributed by atoms with E-state index in [9.17, 15) is 0 Å². The first-order valence-electron chi connectivity index (χ1n) is 12.6. The number of rotatable bonds is 11. The Kier molecular flexibility index (Phi) is 9.35. The van der Waals surface area contributed by atoms with E-state index in [1.165, 1.54) is 21.5 Å². The van der Waals surface area contributed by atoms with Gasteiger partial charge in [-0.3, -0.25) is 0 Å². The van der Waals surface area contributed by atoms with Crippen LogP contribution in [0.1, 0.15) is 32.6 Å². The number of hydrogen-bond acceptors (Lipinski definition) is 2. The third kappa shape index (κ3) is 6.14. The van der Waals surface area contributed by atoms with Crippen molar-refractivity contribution in [3.63, 3.8) is 0 Å². The van der Waals surface area contributed by atoms with Gasteiger partial charge < -0.3 is 0 Å². The van der Waals surface area contributed by atoms with Crippen LogP contribution in [0.2, 0.25) is 0 Å². The number of hydrogen-bond donors (Lipinski definition) is 0. The summed E-state index contributed by atoms with van der Waals surface area (Å²) in [6.07, 6.45) is 12.0. The fourth-order valence-corrected chi connectivity index (χ4v) is 13.6. The van der Waals surface area contributed by atoms with Gasteiger partial charge in [0.1, 0.15) is 0 Å². The van der Waals surface area contributed by atoms with Crippen molar-refractivity contribution >= 4 is 42.2 Å². The Morgan fingerprint density at radius 3 is 1.80 bits per heavy atom. The van der Waals surface area contributed by atoms with Crippen molar-refractivity contribution in [1.29, 1.82) is 0 Å². The Morgan fingerprint density at radius 1 is 0.829 bits per heavy atom. The van der Waals surface area contributed by atoms with E-state index >= 15 is 0 Å². The monoisotopic (exact) mass is 598 g/mol. The molecule has 3 aromatic carbocycles. The fraction of sp³-hybridized carbons (Fsp3) is 0.290. The topological polar surface area (TPSA) is 18.5 Å². The minimum atomic E-state index is -2.66. The average molecular weight is 599 g/mol. The molecule has 3 aromatic rings. The van der Waals surface area contributed by atoms with Crippen LogP contribution in [0.25, 0.3) is 0 Å². The van der Waals surface area contributed by atoms with Gasteiger partial charge in [-0.2, -0.15) is 0 Å². The number of ether oxygens (including phenoxy) is 2. The summed E-state index contributed by atoms with van der Waals surface area (Å²) in [4.78, 5) is 0. The van der Waals surface area contributed by atoms with Crippen LogP contribution in [0.15, 0.2) is 115 Å². The first-order valence-corrected chi connectivity index (χ1v) is 17.8. The predicted octanol–water partition coefficient (Wildman–Crippen LogP) is 7.30. The summed E-state index contributed by atoms with van der Waals surface area (Å²) < 4.78 is 8.44. The maximum atomic E-state index is 5.55. The molecule has 1 aliphatic heterocycles. The Hall–Kier alpha value is -1.78. The minimum absolute atomic E-state index is 0.0195. The Labute approximate surface area is 223 Å². The first kappa shape index (κ1) is 26.3. The van der Waals surface area contributed by atoms with Crippen molar-refractivity contribution in [2.45, 2.75) is 38.9 Å². The molecule has 0 N–H and O–H groups in total. The third-order valence-corrected chi connectivity index (χ3v) is 18.6. The van der Waals surface area contributed by atoms with Crippen molar-refractivity contribution in [1.82, 2.24) is 0 Å². The van der Waals surface area contributed by atoms with E-state index in [1.807, 2.05) is 0 Å². The van der Waals surface area contributed by atoms with Crippen molar-refractivity contribution in [2.24, 2.45) is 0 Å². The van der Waals surface area contributed by atoms with Gasteiger partial charge in [-0.15, -0.1) is 0 Å². The summed E-state index contributed by atoms with van der Waals surface area (Å²) in [6, 6.07) is 33.5. The third-order valence-electron chi connectivity index (χ3n) is 6.81. The summed E-state index contributed by atoms with van der Waals surface area (Å²) in [5.41, 5.74) is 1.37. The van der Waals surface area contributed by atoms with Gasteiger partial charge in [0, 0.05) is 0 Å². The van der Waals surface area contributed by atoms with E-state index in [0.717, 1.165) is 45.1 Å². The molecule has 1 saturated heterocycles. The molecule has 0 radical (unpaired) electrons. The van der Waals surface area contributed by atoms with E-state index in [1.54, 1.807) is 0 Å². The zero-order chi connectivity index (χ0) is 24.4. The molecule has 0 bridgehead atoms. The zero-order valence-corrected chi connectivity index (χ0v) is 23.6. The van der Waals surface area contributed by atoms with Crippen LogP contribution in [0.4, 0.5) is 0 Å². The molecule has 0 atom stereocenters. The Balaban J connectivity index is 1.53. The van der Waals surface area contributed by atoms with Crippen LogP contribution >= 0.6 is 26.3 Å². The first-order chi connectivity index (χ1) is 17.1. The van der Waals surface area contributed by atoms with Gasteiger partial charge in [-0.25, -0.2) is 0 Å².